The average Bonchev–Trinajstić information content (AvgIpc) is 2.54. The summed E-state index contributed by atoms with van der Waals surface area (Å²) in [5, 5.41) is 0. The van der Waals surface area contributed by atoms with Crippen molar-refractivity contribution in [2.75, 3.05) is 14.2 Å². The molecule has 0 aromatic heterocycles. The largest absolute Gasteiger partial charge is 0.497 e. The first-order chi connectivity index (χ1) is 10.5. The molecule has 5 nitrogen and oxygen atoms in total. The first-order valence-corrected chi connectivity index (χ1v) is 6.77. The number of hydrogen-bond donors (Lipinski definition) is 1. The normalized spacial score (nSPS) is 13.0. The van der Waals surface area contributed by atoms with E-state index in [1.165, 1.54) is 7.11 Å². The van der Waals surface area contributed by atoms with E-state index in [0.717, 1.165) is 0 Å². The van der Waals surface area contributed by atoms with Gasteiger partial charge in [0.25, 0.3) is 5.91 Å². The van der Waals surface area contributed by atoms with Gasteiger partial charge in [-0.1, -0.05) is 24.3 Å². The van der Waals surface area contributed by atoms with Gasteiger partial charge in [-0.2, -0.15) is 0 Å². The lowest BCUT2D eigenvalue weighted by Gasteiger charge is -2.29. The number of benzene rings is 2. The lowest BCUT2D eigenvalue weighted by molar-refractivity contribution is -0.133. The number of rotatable bonds is 6. The maximum absolute atomic E-state index is 12.1. The molecule has 0 aliphatic rings. The van der Waals surface area contributed by atoms with Crippen LogP contribution in [0.25, 0.3) is 0 Å². The molecule has 0 saturated carbocycles. The molecule has 22 heavy (non-hydrogen) atoms. The van der Waals surface area contributed by atoms with Crippen LogP contribution in [-0.2, 0) is 10.4 Å². The molecule has 0 aliphatic heterocycles. The number of amides is 1. The van der Waals surface area contributed by atoms with E-state index in [1.807, 2.05) is 6.07 Å². The number of hydrogen-bond acceptors (Lipinski definition) is 4. The average molecular weight is 301 g/mol. The Kier molecular flexibility index (Phi) is 4.56. The number of methoxy groups -OCH3 is 2. The van der Waals surface area contributed by atoms with Crippen LogP contribution in [-0.4, -0.2) is 20.1 Å². The minimum Gasteiger partial charge on any atom is -0.497 e. The Balaban J connectivity index is 2.46. The zero-order valence-electron chi connectivity index (χ0n) is 12.8. The second kappa shape index (κ2) is 6.39. The summed E-state index contributed by atoms with van der Waals surface area (Å²) in [6.45, 7) is 1.62. The summed E-state index contributed by atoms with van der Waals surface area (Å²) >= 11 is 0. The molecule has 0 fully saturated rings. The molecule has 116 valence electrons. The molecule has 2 N–H and O–H groups in total. The fourth-order valence-corrected chi connectivity index (χ4v) is 2.18. The van der Waals surface area contributed by atoms with Gasteiger partial charge in [0.15, 0.2) is 0 Å². The van der Waals surface area contributed by atoms with Gasteiger partial charge in [0.1, 0.15) is 17.2 Å². The zero-order valence-corrected chi connectivity index (χ0v) is 12.8. The van der Waals surface area contributed by atoms with E-state index in [4.69, 9.17) is 19.9 Å². The maximum Gasteiger partial charge on any atom is 0.266 e. The molecule has 0 spiro atoms. The molecule has 2 rings (SSSR count). The predicted molar refractivity (Wildman–Crippen MR) is 83.2 cm³/mol. The molecule has 1 atom stereocenters. The van der Waals surface area contributed by atoms with Crippen LogP contribution in [0.3, 0.4) is 0 Å². The molecule has 0 aliphatic carbocycles. The van der Waals surface area contributed by atoms with Gasteiger partial charge < -0.3 is 19.9 Å². The maximum atomic E-state index is 12.1. The van der Waals surface area contributed by atoms with Crippen LogP contribution in [0.5, 0.6) is 17.2 Å². The molecule has 1 amide bonds. The minimum absolute atomic E-state index is 0.478. The first-order valence-electron chi connectivity index (χ1n) is 6.77. The van der Waals surface area contributed by atoms with Crippen LogP contribution in [0.4, 0.5) is 0 Å². The van der Waals surface area contributed by atoms with Gasteiger partial charge in [-0.25, -0.2) is 0 Å². The SMILES string of the molecule is COc1cccc(OC(C)(C(N)=O)c2ccccc2OC)c1. The van der Waals surface area contributed by atoms with Crippen LogP contribution in [0, 0.1) is 0 Å². The standard InChI is InChI=1S/C17H19NO4/c1-17(16(18)19,14-9-4-5-10-15(14)21-3)22-13-8-6-7-12(11-13)20-2/h4-11H,1-3H3,(H2,18,19). The first kappa shape index (κ1) is 15.7. The van der Waals surface area contributed by atoms with E-state index in [1.54, 1.807) is 56.5 Å². The van der Waals surface area contributed by atoms with Crippen molar-refractivity contribution in [3.05, 3.63) is 54.1 Å². The van der Waals surface area contributed by atoms with Crippen LogP contribution in [0.2, 0.25) is 0 Å². The van der Waals surface area contributed by atoms with Crippen molar-refractivity contribution in [1.82, 2.24) is 0 Å². The summed E-state index contributed by atoms with van der Waals surface area (Å²) in [6.07, 6.45) is 0. The second-order valence-corrected chi connectivity index (χ2v) is 4.88. The van der Waals surface area contributed by atoms with Gasteiger partial charge in [-0.05, 0) is 25.1 Å². The molecular weight excluding hydrogens is 282 g/mol. The smallest absolute Gasteiger partial charge is 0.266 e. The Morgan fingerprint density at radius 1 is 1.00 bits per heavy atom. The van der Waals surface area contributed by atoms with E-state index < -0.39 is 11.5 Å². The molecule has 1 unspecified atom stereocenters. The number of carbonyl (C=O) groups excluding carboxylic acids is 1. The number of para-hydroxylation sites is 1. The fraction of sp³-hybridized carbons (Fsp3) is 0.235. The summed E-state index contributed by atoms with van der Waals surface area (Å²) in [5.41, 5.74) is 4.79. The van der Waals surface area contributed by atoms with Crippen LogP contribution >= 0.6 is 0 Å². The molecule has 0 radical (unpaired) electrons. The molecule has 0 bridgehead atoms. The van der Waals surface area contributed by atoms with Gasteiger partial charge in [-0.15, -0.1) is 0 Å². The Labute approximate surface area is 129 Å². The van der Waals surface area contributed by atoms with Crippen molar-refractivity contribution in [3.63, 3.8) is 0 Å². The van der Waals surface area contributed by atoms with Gasteiger partial charge in [-0.3, -0.25) is 4.79 Å². The van der Waals surface area contributed by atoms with Gasteiger partial charge in [0, 0.05) is 11.6 Å². The molecular formula is C17H19NO4. The third-order valence-corrected chi connectivity index (χ3v) is 3.45. The van der Waals surface area contributed by atoms with Crippen molar-refractivity contribution in [1.29, 1.82) is 0 Å². The highest BCUT2D eigenvalue weighted by Gasteiger charge is 2.38. The van der Waals surface area contributed by atoms with E-state index in [-0.39, 0.29) is 0 Å². The van der Waals surface area contributed by atoms with Crippen molar-refractivity contribution in [2.24, 2.45) is 5.73 Å². The van der Waals surface area contributed by atoms with E-state index in [0.29, 0.717) is 22.8 Å². The van der Waals surface area contributed by atoms with Gasteiger partial charge >= 0.3 is 0 Å². The highest BCUT2D eigenvalue weighted by Crippen LogP contribution is 2.34. The zero-order chi connectivity index (χ0) is 16.2. The van der Waals surface area contributed by atoms with Crippen LogP contribution in [0.15, 0.2) is 48.5 Å². The second-order valence-electron chi connectivity index (χ2n) is 4.88. The monoisotopic (exact) mass is 301 g/mol. The van der Waals surface area contributed by atoms with E-state index >= 15 is 0 Å². The number of ether oxygens (including phenoxy) is 3. The highest BCUT2D eigenvalue weighted by molar-refractivity contribution is 5.85. The quantitative estimate of drug-likeness (QED) is 0.890. The Morgan fingerprint density at radius 2 is 1.68 bits per heavy atom. The fourth-order valence-electron chi connectivity index (χ4n) is 2.18. The van der Waals surface area contributed by atoms with Crippen molar-refractivity contribution in [3.8, 4) is 17.2 Å². The summed E-state index contributed by atoms with van der Waals surface area (Å²) in [5.74, 6) is 1.03. The predicted octanol–water partition coefficient (Wildman–Crippen LogP) is 2.48. The summed E-state index contributed by atoms with van der Waals surface area (Å²) in [7, 11) is 3.10. The topological polar surface area (TPSA) is 70.8 Å². The number of primary amides is 1. The molecule has 0 heterocycles. The van der Waals surface area contributed by atoms with Crippen molar-refractivity contribution in [2.45, 2.75) is 12.5 Å². The van der Waals surface area contributed by atoms with Gasteiger partial charge in [0.2, 0.25) is 5.60 Å². The lowest BCUT2D eigenvalue weighted by atomic mass is 9.94. The third-order valence-electron chi connectivity index (χ3n) is 3.45. The molecule has 0 saturated heterocycles. The van der Waals surface area contributed by atoms with E-state index in [9.17, 15) is 4.79 Å². The molecule has 2 aromatic rings. The van der Waals surface area contributed by atoms with E-state index in [2.05, 4.69) is 0 Å². The summed E-state index contributed by atoms with van der Waals surface area (Å²) < 4.78 is 16.4. The molecule has 2 aromatic carbocycles. The number of carbonyl (C=O) groups is 1. The Morgan fingerprint density at radius 3 is 2.32 bits per heavy atom. The number of nitrogens with two attached hydrogens (primary N) is 1. The highest BCUT2D eigenvalue weighted by atomic mass is 16.5. The summed E-state index contributed by atoms with van der Waals surface area (Å²) in [4.78, 5) is 12.1. The summed E-state index contributed by atoms with van der Waals surface area (Å²) in [6, 6.07) is 14.1. The Hall–Kier alpha value is -2.69. The third kappa shape index (κ3) is 2.98. The van der Waals surface area contributed by atoms with Crippen LogP contribution < -0.4 is 19.9 Å². The van der Waals surface area contributed by atoms with Crippen LogP contribution in [0.1, 0.15) is 12.5 Å². The minimum atomic E-state index is -1.36. The lowest BCUT2D eigenvalue weighted by Crippen LogP contribution is -2.43. The Bertz CT molecular complexity index is 671. The molecule has 5 heteroatoms. The van der Waals surface area contributed by atoms with Gasteiger partial charge in [0.05, 0.1) is 14.2 Å². The van der Waals surface area contributed by atoms with Crippen molar-refractivity contribution < 1.29 is 19.0 Å². The van der Waals surface area contributed by atoms with Crippen molar-refractivity contribution >= 4 is 5.91 Å².